The van der Waals surface area contributed by atoms with Crippen molar-refractivity contribution in [3.63, 3.8) is 0 Å². The lowest BCUT2D eigenvalue weighted by Crippen LogP contribution is -2.20. The van der Waals surface area contributed by atoms with Crippen LogP contribution in [0.2, 0.25) is 0 Å². The normalized spacial score (nSPS) is 13.1. The summed E-state index contributed by atoms with van der Waals surface area (Å²) in [7, 11) is 0. The van der Waals surface area contributed by atoms with Crippen LogP contribution in [0.3, 0.4) is 0 Å². The molecule has 0 bridgehead atoms. The second kappa shape index (κ2) is 10.9. The fourth-order valence-electron chi connectivity index (χ4n) is 0.855. The molecule has 1 unspecified atom stereocenters. The molecule has 0 heterocycles. The van der Waals surface area contributed by atoms with E-state index < -0.39 is 0 Å². The van der Waals surface area contributed by atoms with Gasteiger partial charge in [-0.15, -0.1) is 0 Å². The molecule has 14 heavy (non-hydrogen) atoms. The second-order valence-electron chi connectivity index (χ2n) is 2.88. The van der Waals surface area contributed by atoms with Crippen molar-refractivity contribution in [2.45, 2.75) is 13.0 Å². The van der Waals surface area contributed by atoms with Gasteiger partial charge in [-0.05, 0) is 6.92 Å². The van der Waals surface area contributed by atoms with Gasteiger partial charge in [0, 0.05) is 6.54 Å². The first-order valence-corrected chi connectivity index (χ1v) is 4.89. The summed E-state index contributed by atoms with van der Waals surface area (Å²) in [5.74, 6) is 0. The van der Waals surface area contributed by atoms with Crippen LogP contribution in [0, 0.1) is 0 Å². The van der Waals surface area contributed by atoms with E-state index in [-0.39, 0.29) is 12.7 Å². The lowest BCUT2D eigenvalue weighted by atomic mass is 10.4. The molecule has 0 aliphatic heterocycles. The summed E-state index contributed by atoms with van der Waals surface area (Å²) < 4.78 is 15.6. The van der Waals surface area contributed by atoms with Crippen molar-refractivity contribution in [3.8, 4) is 0 Å². The van der Waals surface area contributed by atoms with E-state index in [0.717, 1.165) is 0 Å². The van der Waals surface area contributed by atoms with Crippen molar-refractivity contribution < 1.29 is 19.3 Å². The molecule has 0 saturated heterocycles. The van der Waals surface area contributed by atoms with Gasteiger partial charge in [-0.25, -0.2) is 0 Å². The highest BCUT2D eigenvalue weighted by atomic mass is 16.5. The van der Waals surface area contributed by atoms with Crippen LogP contribution in [0.4, 0.5) is 0 Å². The maximum Gasteiger partial charge on any atom is 0.0781 e. The monoisotopic (exact) mass is 207 g/mol. The Balaban J connectivity index is 3.02. The lowest BCUT2D eigenvalue weighted by molar-refractivity contribution is -0.0310. The summed E-state index contributed by atoms with van der Waals surface area (Å²) in [6.07, 6.45) is 0.0108. The van der Waals surface area contributed by atoms with E-state index in [1.807, 2.05) is 6.92 Å². The number of aliphatic hydroxyl groups is 1. The van der Waals surface area contributed by atoms with E-state index in [4.69, 9.17) is 25.1 Å². The molecule has 86 valence electrons. The highest BCUT2D eigenvalue weighted by molar-refractivity contribution is 4.46. The fourth-order valence-corrected chi connectivity index (χ4v) is 0.855. The van der Waals surface area contributed by atoms with Crippen LogP contribution in [-0.4, -0.2) is 57.4 Å². The molecular formula is C9H21NO4. The zero-order valence-electron chi connectivity index (χ0n) is 8.78. The van der Waals surface area contributed by atoms with E-state index in [1.54, 1.807) is 0 Å². The standard InChI is InChI=1S/C9H21NO4/c1-9(14-5-3-11)8-13-7-6-12-4-2-10/h9,11H,2-8,10H2,1H3. The van der Waals surface area contributed by atoms with Gasteiger partial charge in [0.15, 0.2) is 0 Å². The van der Waals surface area contributed by atoms with Crippen LogP contribution in [0.1, 0.15) is 6.92 Å². The third kappa shape index (κ3) is 9.88. The highest BCUT2D eigenvalue weighted by Gasteiger charge is 2.00. The minimum atomic E-state index is 0.0108. The van der Waals surface area contributed by atoms with Gasteiger partial charge in [0.25, 0.3) is 0 Å². The zero-order valence-corrected chi connectivity index (χ0v) is 8.78. The van der Waals surface area contributed by atoms with Crippen LogP contribution >= 0.6 is 0 Å². The first-order chi connectivity index (χ1) is 6.81. The Morgan fingerprint density at radius 3 is 2.50 bits per heavy atom. The van der Waals surface area contributed by atoms with E-state index in [1.165, 1.54) is 0 Å². The summed E-state index contributed by atoms with van der Waals surface area (Å²) in [4.78, 5) is 0. The Morgan fingerprint density at radius 1 is 1.14 bits per heavy atom. The molecule has 5 nitrogen and oxygen atoms in total. The first-order valence-electron chi connectivity index (χ1n) is 4.89. The maximum atomic E-state index is 8.49. The van der Waals surface area contributed by atoms with Crippen molar-refractivity contribution in [2.24, 2.45) is 5.73 Å². The summed E-state index contributed by atoms with van der Waals surface area (Å²) in [5, 5.41) is 8.49. The average Bonchev–Trinajstić information content (AvgIpc) is 2.20. The Bertz CT molecular complexity index is 113. The third-order valence-electron chi connectivity index (χ3n) is 1.48. The van der Waals surface area contributed by atoms with Crippen LogP contribution in [-0.2, 0) is 14.2 Å². The molecule has 0 aromatic carbocycles. The minimum absolute atomic E-state index is 0.0108. The van der Waals surface area contributed by atoms with Gasteiger partial charge in [-0.2, -0.15) is 0 Å². The van der Waals surface area contributed by atoms with Crippen LogP contribution in [0.15, 0.2) is 0 Å². The number of aliphatic hydroxyl groups excluding tert-OH is 1. The first kappa shape index (κ1) is 13.8. The Morgan fingerprint density at radius 2 is 1.86 bits per heavy atom. The molecule has 0 spiro atoms. The van der Waals surface area contributed by atoms with Crippen molar-refractivity contribution in [3.05, 3.63) is 0 Å². The molecule has 3 N–H and O–H groups in total. The fraction of sp³-hybridized carbons (Fsp3) is 1.00. The van der Waals surface area contributed by atoms with Crippen molar-refractivity contribution in [2.75, 3.05) is 46.2 Å². The quantitative estimate of drug-likeness (QED) is 0.467. The molecule has 0 amide bonds. The van der Waals surface area contributed by atoms with Gasteiger partial charge >= 0.3 is 0 Å². The highest BCUT2D eigenvalue weighted by Crippen LogP contribution is 1.91. The minimum Gasteiger partial charge on any atom is -0.394 e. The predicted octanol–water partition coefficient (Wildman–Crippen LogP) is -0.624. The molecule has 0 fully saturated rings. The van der Waals surface area contributed by atoms with Gasteiger partial charge in [0.2, 0.25) is 0 Å². The number of hydrogen-bond acceptors (Lipinski definition) is 5. The van der Waals surface area contributed by atoms with Crippen molar-refractivity contribution >= 4 is 0 Å². The summed E-state index contributed by atoms with van der Waals surface area (Å²) >= 11 is 0. The molecule has 0 aliphatic carbocycles. The van der Waals surface area contributed by atoms with E-state index >= 15 is 0 Å². The third-order valence-corrected chi connectivity index (χ3v) is 1.48. The number of hydrogen-bond donors (Lipinski definition) is 2. The van der Waals surface area contributed by atoms with E-state index in [2.05, 4.69) is 0 Å². The van der Waals surface area contributed by atoms with Gasteiger partial charge in [0.1, 0.15) is 0 Å². The molecule has 0 saturated carbocycles. The smallest absolute Gasteiger partial charge is 0.0781 e. The number of rotatable bonds is 10. The zero-order chi connectivity index (χ0) is 10.6. The maximum absolute atomic E-state index is 8.49. The molecule has 0 rings (SSSR count). The largest absolute Gasteiger partial charge is 0.394 e. The average molecular weight is 207 g/mol. The SMILES string of the molecule is CC(COCCOCCN)OCCO. The summed E-state index contributed by atoms with van der Waals surface area (Å²) in [5.41, 5.74) is 5.24. The van der Waals surface area contributed by atoms with Crippen molar-refractivity contribution in [1.82, 2.24) is 0 Å². The molecule has 0 aromatic rings. The summed E-state index contributed by atoms with van der Waals surface area (Å²) in [6.45, 7) is 5.03. The van der Waals surface area contributed by atoms with E-state index in [0.29, 0.717) is 39.6 Å². The lowest BCUT2D eigenvalue weighted by Gasteiger charge is -2.12. The van der Waals surface area contributed by atoms with Crippen LogP contribution in [0.25, 0.3) is 0 Å². The number of ether oxygens (including phenoxy) is 3. The predicted molar refractivity (Wildman–Crippen MR) is 53.2 cm³/mol. The van der Waals surface area contributed by atoms with Gasteiger partial charge < -0.3 is 25.1 Å². The Hall–Kier alpha value is -0.200. The molecule has 1 atom stereocenters. The molecule has 0 aromatic heterocycles. The molecule has 5 heteroatoms. The van der Waals surface area contributed by atoms with Gasteiger partial charge in [-0.1, -0.05) is 0 Å². The van der Waals surface area contributed by atoms with Crippen LogP contribution in [0.5, 0.6) is 0 Å². The Kier molecular flexibility index (Phi) is 10.7. The molecule has 0 aliphatic rings. The molecular weight excluding hydrogens is 186 g/mol. The summed E-state index contributed by atoms with van der Waals surface area (Å²) in [6, 6.07) is 0. The van der Waals surface area contributed by atoms with E-state index in [9.17, 15) is 0 Å². The topological polar surface area (TPSA) is 73.9 Å². The number of nitrogens with two attached hydrogens (primary N) is 1. The van der Waals surface area contributed by atoms with Gasteiger partial charge in [0.05, 0.1) is 45.7 Å². The van der Waals surface area contributed by atoms with Gasteiger partial charge in [-0.3, -0.25) is 0 Å². The van der Waals surface area contributed by atoms with Crippen molar-refractivity contribution in [1.29, 1.82) is 0 Å². The Labute approximate surface area is 85.1 Å². The second-order valence-corrected chi connectivity index (χ2v) is 2.88. The molecule has 0 radical (unpaired) electrons. The van der Waals surface area contributed by atoms with Crippen LogP contribution < -0.4 is 5.73 Å².